The van der Waals surface area contributed by atoms with Crippen LogP contribution in [0.3, 0.4) is 0 Å². The number of hydrogen-bond donors (Lipinski definition) is 0. The number of fused-ring (bicyclic) bond motifs is 1. The van der Waals surface area contributed by atoms with Gasteiger partial charge in [-0.3, -0.25) is 0 Å². The Balaban J connectivity index is 1.85. The molecule has 0 aromatic heterocycles. The van der Waals surface area contributed by atoms with Gasteiger partial charge in [-0.25, -0.2) is 0 Å². The molecular weight excluding hydrogens is 285 g/mol. The molecule has 0 amide bonds. The number of hydrogen-bond acceptors (Lipinski definition) is 0. The van der Waals surface area contributed by atoms with Crippen LogP contribution in [-0.2, 0) is 6.18 Å². The zero-order valence-corrected chi connectivity index (χ0v) is 12.8. The zero-order valence-electron chi connectivity index (χ0n) is 12.8. The van der Waals surface area contributed by atoms with Crippen LogP contribution in [0.5, 0.6) is 0 Å². The van der Waals surface area contributed by atoms with Crippen molar-refractivity contribution in [2.24, 2.45) is 5.92 Å². The quantitative estimate of drug-likeness (QED) is 0.590. The lowest BCUT2D eigenvalue weighted by atomic mass is 9.77. The van der Waals surface area contributed by atoms with Crippen molar-refractivity contribution in [2.75, 3.05) is 0 Å². The van der Waals surface area contributed by atoms with E-state index >= 15 is 0 Å². The van der Waals surface area contributed by atoms with Crippen LogP contribution in [0, 0.1) is 5.92 Å². The molecule has 0 N–H and O–H groups in total. The summed E-state index contributed by atoms with van der Waals surface area (Å²) in [6.45, 7) is 2.25. The molecule has 22 heavy (non-hydrogen) atoms. The SMILES string of the molecule is CCC1CCC(c2ccc3cc(C(F)(F)F)ccc3c2)CC1. The molecule has 2 aromatic rings. The second kappa shape index (κ2) is 5.94. The van der Waals surface area contributed by atoms with Crippen LogP contribution in [-0.4, -0.2) is 0 Å². The van der Waals surface area contributed by atoms with Crippen LogP contribution >= 0.6 is 0 Å². The minimum absolute atomic E-state index is 0.564. The fourth-order valence-electron chi connectivity index (χ4n) is 3.60. The molecule has 0 bridgehead atoms. The van der Waals surface area contributed by atoms with E-state index in [1.807, 2.05) is 12.1 Å². The molecule has 3 heteroatoms. The molecule has 0 nitrogen and oxygen atoms in total. The van der Waals surface area contributed by atoms with Gasteiger partial charge in [0.15, 0.2) is 0 Å². The topological polar surface area (TPSA) is 0 Å². The molecule has 0 heterocycles. The van der Waals surface area contributed by atoms with Gasteiger partial charge in [0.2, 0.25) is 0 Å². The van der Waals surface area contributed by atoms with Crippen molar-refractivity contribution in [2.45, 2.75) is 51.1 Å². The molecule has 1 saturated carbocycles. The first-order valence-electron chi connectivity index (χ1n) is 8.08. The molecule has 2 aromatic carbocycles. The fraction of sp³-hybridized carbons (Fsp3) is 0.474. The Kier molecular flexibility index (Phi) is 4.16. The predicted molar refractivity (Wildman–Crippen MR) is 83.9 cm³/mol. The molecule has 0 radical (unpaired) electrons. The van der Waals surface area contributed by atoms with E-state index in [1.165, 1.54) is 49.8 Å². The summed E-state index contributed by atoms with van der Waals surface area (Å²) in [6.07, 6.45) is 1.92. The van der Waals surface area contributed by atoms with E-state index in [4.69, 9.17) is 0 Å². The average molecular weight is 306 g/mol. The summed E-state index contributed by atoms with van der Waals surface area (Å²) < 4.78 is 38.3. The van der Waals surface area contributed by atoms with Crippen molar-refractivity contribution in [3.63, 3.8) is 0 Å². The Bertz CT molecular complexity index is 649. The largest absolute Gasteiger partial charge is 0.416 e. The van der Waals surface area contributed by atoms with Crippen molar-refractivity contribution in [3.05, 3.63) is 47.5 Å². The monoisotopic (exact) mass is 306 g/mol. The Morgan fingerprint density at radius 2 is 1.55 bits per heavy atom. The average Bonchev–Trinajstić information content (AvgIpc) is 2.53. The molecule has 3 rings (SSSR count). The lowest BCUT2D eigenvalue weighted by Crippen LogP contribution is -2.12. The van der Waals surface area contributed by atoms with Crippen molar-refractivity contribution in [3.8, 4) is 0 Å². The maximum atomic E-state index is 12.8. The van der Waals surface area contributed by atoms with Gasteiger partial charge in [-0.1, -0.05) is 37.6 Å². The molecule has 0 atom stereocenters. The molecule has 0 aliphatic heterocycles. The summed E-state index contributed by atoms with van der Waals surface area (Å²) in [7, 11) is 0. The third-order valence-electron chi connectivity index (χ3n) is 5.09. The van der Waals surface area contributed by atoms with E-state index in [-0.39, 0.29) is 0 Å². The first kappa shape index (κ1) is 15.4. The molecule has 118 valence electrons. The van der Waals surface area contributed by atoms with E-state index in [9.17, 15) is 13.2 Å². The standard InChI is InChI=1S/C19H21F3/c1-2-13-3-5-14(6-4-13)15-7-8-17-12-18(19(20,21)22)10-9-16(17)11-15/h7-14H,2-6H2,1H3. The van der Waals surface area contributed by atoms with Gasteiger partial charge in [0.05, 0.1) is 5.56 Å². The first-order chi connectivity index (χ1) is 10.5. The van der Waals surface area contributed by atoms with E-state index in [0.717, 1.165) is 11.3 Å². The minimum atomic E-state index is -4.27. The maximum absolute atomic E-state index is 12.8. The van der Waals surface area contributed by atoms with E-state index < -0.39 is 11.7 Å². The number of halogens is 3. The maximum Gasteiger partial charge on any atom is 0.416 e. The first-order valence-corrected chi connectivity index (χ1v) is 8.08. The highest BCUT2D eigenvalue weighted by Crippen LogP contribution is 2.38. The van der Waals surface area contributed by atoms with Crippen LogP contribution in [0.15, 0.2) is 36.4 Å². The zero-order chi connectivity index (χ0) is 15.7. The lowest BCUT2D eigenvalue weighted by Gasteiger charge is -2.28. The molecule has 1 aliphatic rings. The molecular formula is C19H21F3. The summed E-state index contributed by atoms with van der Waals surface area (Å²) in [5.41, 5.74) is 0.706. The minimum Gasteiger partial charge on any atom is -0.166 e. The van der Waals surface area contributed by atoms with Crippen LogP contribution in [0.25, 0.3) is 10.8 Å². The van der Waals surface area contributed by atoms with Gasteiger partial charge in [0.1, 0.15) is 0 Å². The molecule has 0 saturated heterocycles. The van der Waals surface area contributed by atoms with Crippen molar-refractivity contribution >= 4 is 10.8 Å². The van der Waals surface area contributed by atoms with E-state index in [0.29, 0.717) is 11.3 Å². The van der Waals surface area contributed by atoms with Gasteiger partial charge in [-0.2, -0.15) is 13.2 Å². The normalized spacial score (nSPS) is 22.9. The third-order valence-corrected chi connectivity index (χ3v) is 5.09. The van der Waals surface area contributed by atoms with Gasteiger partial charge in [-0.05, 0) is 66.0 Å². The summed E-state index contributed by atoms with van der Waals surface area (Å²) >= 11 is 0. The summed E-state index contributed by atoms with van der Waals surface area (Å²) in [6, 6.07) is 9.95. The second-order valence-electron chi connectivity index (χ2n) is 6.45. The fourth-order valence-corrected chi connectivity index (χ4v) is 3.60. The van der Waals surface area contributed by atoms with Crippen molar-refractivity contribution in [1.29, 1.82) is 0 Å². The molecule has 1 fully saturated rings. The van der Waals surface area contributed by atoms with Crippen LogP contribution < -0.4 is 0 Å². The number of rotatable bonds is 2. The molecule has 0 unspecified atom stereocenters. The highest BCUT2D eigenvalue weighted by molar-refractivity contribution is 5.84. The van der Waals surface area contributed by atoms with Crippen LogP contribution in [0.4, 0.5) is 13.2 Å². The van der Waals surface area contributed by atoms with E-state index in [1.54, 1.807) is 6.07 Å². The number of alkyl halides is 3. The van der Waals surface area contributed by atoms with Crippen LogP contribution in [0.2, 0.25) is 0 Å². The van der Waals surface area contributed by atoms with Gasteiger partial charge >= 0.3 is 6.18 Å². The van der Waals surface area contributed by atoms with Gasteiger partial charge < -0.3 is 0 Å². The lowest BCUT2D eigenvalue weighted by molar-refractivity contribution is -0.137. The summed E-state index contributed by atoms with van der Waals surface area (Å²) in [5.74, 6) is 1.42. The highest BCUT2D eigenvalue weighted by atomic mass is 19.4. The second-order valence-corrected chi connectivity index (χ2v) is 6.45. The summed E-state index contributed by atoms with van der Waals surface area (Å²) in [4.78, 5) is 0. The third kappa shape index (κ3) is 3.13. The smallest absolute Gasteiger partial charge is 0.166 e. The highest BCUT2D eigenvalue weighted by Gasteiger charge is 2.30. The van der Waals surface area contributed by atoms with Crippen LogP contribution in [0.1, 0.15) is 56.1 Å². The van der Waals surface area contributed by atoms with Crippen molar-refractivity contribution < 1.29 is 13.2 Å². The Morgan fingerprint density at radius 1 is 0.909 bits per heavy atom. The van der Waals surface area contributed by atoms with Crippen molar-refractivity contribution in [1.82, 2.24) is 0 Å². The number of benzene rings is 2. The molecule has 1 aliphatic carbocycles. The Morgan fingerprint density at radius 3 is 2.18 bits per heavy atom. The predicted octanol–water partition coefficient (Wildman–Crippen LogP) is 6.54. The Labute approximate surface area is 129 Å². The molecule has 0 spiro atoms. The van der Waals surface area contributed by atoms with Gasteiger partial charge in [-0.15, -0.1) is 0 Å². The van der Waals surface area contributed by atoms with E-state index in [2.05, 4.69) is 13.0 Å². The summed E-state index contributed by atoms with van der Waals surface area (Å²) in [5, 5.41) is 1.57. The van der Waals surface area contributed by atoms with Gasteiger partial charge in [0, 0.05) is 0 Å². The van der Waals surface area contributed by atoms with Gasteiger partial charge in [0.25, 0.3) is 0 Å². The Hall–Kier alpha value is -1.51.